The lowest BCUT2D eigenvalue weighted by Gasteiger charge is -2.25. The van der Waals surface area contributed by atoms with Crippen LogP contribution in [0.5, 0.6) is 0 Å². The molecule has 7 rings (SSSR count). The van der Waals surface area contributed by atoms with Crippen LogP contribution in [-0.4, -0.2) is 0 Å². The molecular weight excluding hydrogens is 514 g/mol. The second kappa shape index (κ2) is 10.1. The number of halogens is 1. The van der Waals surface area contributed by atoms with E-state index in [4.69, 9.17) is 11.6 Å². The van der Waals surface area contributed by atoms with E-state index in [0.717, 1.165) is 22.1 Å². The Morgan fingerprint density at radius 2 is 1.05 bits per heavy atom. The molecule has 0 aliphatic rings. The summed E-state index contributed by atoms with van der Waals surface area (Å²) >= 11 is 8.01. The van der Waals surface area contributed by atoms with Crippen molar-refractivity contribution in [3.05, 3.63) is 151 Å². The lowest BCUT2D eigenvalue weighted by atomic mass is 9.98. The first-order valence-electron chi connectivity index (χ1n) is 13.0. The molecule has 0 spiro atoms. The van der Waals surface area contributed by atoms with Crippen LogP contribution in [0, 0.1) is 0 Å². The highest BCUT2D eigenvalue weighted by molar-refractivity contribution is 7.26. The topological polar surface area (TPSA) is 3.24 Å². The summed E-state index contributed by atoms with van der Waals surface area (Å²) in [4.78, 5) is 2.29. The quantitative estimate of drug-likeness (QED) is 0.211. The molecule has 0 unspecified atom stereocenters. The molecule has 7 aromatic rings. The largest absolute Gasteiger partial charge is 0.311 e. The lowest BCUT2D eigenvalue weighted by molar-refractivity contribution is 1.28. The van der Waals surface area contributed by atoms with Crippen LogP contribution in [0.25, 0.3) is 42.4 Å². The second-order valence-electron chi connectivity index (χ2n) is 9.55. The van der Waals surface area contributed by atoms with Crippen molar-refractivity contribution in [1.82, 2.24) is 0 Å². The fourth-order valence-electron chi connectivity index (χ4n) is 5.28. The Kier molecular flexibility index (Phi) is 6.13. The van der Waals surface area contributed by atoms with Gasteiger partial charge >= 0.3 is 0 Å². The van der Waals surface area contributed by atoms with Gasteiger partial charge in [-0.15, -0.1) is 11.3 Å². The van der Waals surface area contributed by atoms with E-state index in [0.29, 0.717) is 0 Å². The molecule has 0 bridgehead atoms. The highest BCUT2D eigenvalue weighted by Crippen LogP contribution is 2.42. The minimum atomic E-state index is 0.757. The summed E-state index contributed by atoms with van der Waals surface area (Å²) in [6, 6.07) is 51.4. The van der Waals surface area contributed by atoms with E-state index in [1.54, 1.807) is 0 Å². The molecule has 0 atom stereocenters. The molecule has 0 aliphatic heterocycles. The van der Waals surface area contributed by atoms with Gasteiger partial charge in [0, 0.05) is 42.3 Å². The van der Waals surface area contributed by atoms with Gasteiger partial charge in [-0.25, -0.2) is 0 Å². The fourth-order valence-corrected chi connectivity index (χ4v) is 6.58. The van der Waals surface area contributed by atoms with Crippen molar-refractivity contribution in [1.29, 1.82) is 0 Å². The molecule has 0 saturated carbocycles. The Morgan fingerprint density at radius 1 is 0.462 bits per heavy atom. The number of fused-ring (bicyclic) bond motifs is 3. The third kappa shape index (κ3) is 4.48. The molecule has 186 valence electrons. The molecule has 1 heterocycles. The minimum absolute atomic E-state index is 0.757. The van der Waals surface area contributed by atoms with Gasteiger partial charge in [0.05, 0.1) is 0 Å². The van der Waals surface area contributed by atoms with Crippen LogP contribution in [0.3, 0.4) is 0 Å². The summed E-state index contributed by atoms with van der Waals surface area (Å²) in [5, 5.41) is 3.36. The number of hydrogen-bond acceptors (Lipinski definition) is 2. The van der Waals surface area contributed by atoms with Gasteiger partial charge in [0.25, 0.3) is 0 Å². The standard InChI is InChI=1S/C36H24ClNS/c37-28-19-14-26(15-20-28)32-12-7-13-34-36(32)33-23-18-27(24-35(33)39-34)25-16-21-31(22-17-25)38(29-8-3-1-4-9-29)30-10-5-2-6-11-30/h1-24H. The second-order valence-corrected chi connectivity index (χ2v) is 11.1. The molecule has 0 N–H and O–H groups in total. The van der Waals surface area contributed by atoms with Crippen LogP contribution in [0.1, 0.15) is 0 Å². The monoisotopic (exact) mass is 537 g/mol. The van der Waals surface area contributed by atoms with Crippen molar-refractivity contribution in [3.8, 4) is 22.3 Å². The van der Waals surface area contributed by atoms with Crippen LogP contribution in [-0.2, 0) is 0 Å². The van der Waals surface area contributed by atoms with E-state index < -0.39 is 0 Å². The van der Waals surface area contributed by atoms with E-state index in [1.807, 2.05) is 23.5 Å². The number of benzene rings is 6. The SMILES string of the molecule is Clc1ccc(-c2cccc3sc4cc(-c5ccc(N(c6ccccc6)c6ccccc6)cc5)ccc4c23)cc1. The number of rotatable bonds is 5. The van der Waals surface area contributed by atoms with Crippen molar-refractivity contribution in [2.75, 3.05) is 4.90 Å². The molecule has 39 heavy (non-hydrogen) atoms. The van der Waals surface area contributed by atoms with Gasteiger partial charge in [-0.05, 0) is 82.9 Å². The molecule has 0 amide bonds. The Labute approximate surface area is 237 Å². The highest BCUT2D eigenvalue weighted by Gasteiger charge is 2.14. The summed E-state index contributed by atoms with van der Waals surface area (Å²) in [5.74, 6) is 0. The van der Waals surface area contributed by atoms with Gasteiger partial charge in [0.2, 0.25) is 0 Å². The number of hydrogen-bond donors (Lipinski definition) is 0. The molecule has 6 aromatic carbocycles. The number of anilines is 3. The molecule has 0 saturated heterocycles. The summed E-state index contributed by atoms with van der Waals surface area (Å²) in [6.07, 6.45) is 0. The van der Waals surface area contributed by atoms with Gasteiger partial charge in [-0.3, -0.25) is 0 Å². The first-order chi connectivity index (χ1) is 19.2. The van der Waals surface area contributed by atoms with Crippen LogP contribution < -0.4 is 4.90 Å². The molecular formula is C36H24ClNS. The smallest absolute Gasteiger partial charge is 0.0462 e. The van der Waals surface area contributed by atoms with Crippen molar-refractivity contribution in [2.45, 2.75) is 0 Å². The summed E-state index contributed by atoms with van der Waals surface area (Å²) in [7, 11) is 0. The van der Waals surface area contributed by atoms with Crippen molar-refractivity contribution in [3.63, 3.8) is 0 Å². The number of para-hydroxylation sites is 2. The van der Waals surface area contributed by atoms with E-state index in [1.165, 1.54) is 42.4 Å². The zero-order valence-corrected chi connectivity index (χ0v) is 22.7. The van der Waals surface area contributed by atoms with Gasteiger partial charge in [0.15, 0.2) is 0 Å². The van der Waals surface area contributed by atoms with Gasteiger partial charge in [-0.2, -0.15) is 0 Å². The van der Waals surface area contributed by atoms with Crippen molar-refractivity contribution >= 4 is 60.2 Å². The zero-order valence-electron chi connectivity index (χ0n) is 21.1. The van der Waals surface area contributed by atoms with E-state index in [9.17, 15) is 0 Å². The Balaban J connectivity index is 1.27. The average molecular weight is 538 g/mol. The number of nitrogens with zero attached hydrogens (tertiary/aromatic N) is 1. The van der Waals surface area contributed by atoms with E-state index in [-0.39, 0.29) is 0 Å². The van der Waals surface area contributed by atoms with Crippen LogP contribution in [0.2, 0.25) is 5.02 Å². The van der Waals surface area contributed by atoms with Gasteiger partial charge in [0.1, 0.15) is 0 Å². The zero-order chi connectivity index (χ0) is 26.2. The van der Waals surface area contributed by atoms with E-state index >= 15 is 0 Å². The summed E-state index contributed by atoms with van der Waals surface area (Å²) < 4.78 is 2.59. The third-order valence-electron chi connectivity index (χ3n) is 7.14. The first-order valence-corrected chi connectivity index (χ1v) is 14.2. The maximum absolute atomic E-state index is 6.16. The third-order valence-corrected chi connectivity index (χ3v) is 8.51. The molecule has 1 nitrogen and oxygen atoms in total. The van der Waals surface area contributed by atoms with Gasteiger partial charge < -0.3 is 4.90 Å². The van der Waals surface area contributed by atoms with Crippen molar-refractivity contribution < 1.29 is 0 Å². The lowest BCUT2D eigenvalue weighted by Crippen LogP contribution is -2.09. The summed E-state index contributed by atoms with van der Waals surface area (Å²) in [5.41, 5.74) is 8.27. The highest BCUT2D eigenvalue weighted by atomic mass is 35.5. The predicted octanol–water partition coefficient (Wildman–Crippen LogP) is 11.5. The molecule has 3 heteroatoms. The molecule has 0 aliphatic carbocycles. The maximum atomic E-state index is 6.16. The van der Waals surface area contributed by atoms with Crippen molar-refractivity contribution in [2.24, 2.45) is 0 Å². The Bertz CT molecular complexity index is 1850. The Hall–Kier alpha value is -4.37. The van der Waals surface area contributed by atoms with E-state index in [2.05, 4.69) is 138 Å². The molecule has 0 fully saturated rings. The van der Waals surface area contributed by atoms with Crippen LogP contribution in [0.15, 0.2) is 146 Å². The van der Waals surface area contributed by atoms with Crippen LogP contribution in [0.4, 0.5) is 17.1 Å². The van der Waals surface area contributed by atoms with Gasteiger partial charge in [-0.1, -0.05) is 96.5 Å². The van der Waals surface area contributed by atoms with Crippen LogP contribution >= 0.6 is 22.9 Å². The Morgan fingerprint density at radius 3 is 1.72 bits per heavy atom. The summed E-state index contributed by atoms with van der Waals surface area (Å²) in [6.45, 7) is 0. The minimum Gasteiger partial charge on any atom is -0.311 e. The first kappa shape index (κ1) is 23.7. The number of thiophene rings is 1. The predicted molar refractivity (Wildman–Crippen MR) is 170 cm³/mol. The average Bonchev–Trinajstić information content (AvgIpc) is 3.37. The fraction of sp³-hybridized carbons (Fsp3) is 0. The molecule has 0 radical (unpaired) electrons. The normalized spacial score (nSPS) is 11.2. The molecule has 1 aromatic heterocycles. The maximum Gasteiger partial charge on any atom is 0.0462 e.